The van der Waals surface area contributed by atoms with Gasteiger partial charge in [-0.2, -0.15) is 0 Å². The predicted octanol–water partition coefficient (Wildman–Crippen LogP) is 3.67. The SMILES string of the molecule is CCc1ccc(OCC(=O)Oc2ccc(Cl)cc2C(=O)OC)cc1. The Morgan fingerprint density at radius 3 is 2.42 bits per heavy atom. The maximum atomic E-state index is 11.9. The van der Waals surface area contributed by atoms with Crippen LogP contribution in [-0.2, 0) is 16.0 Å². The van der Waals surface area contributed by atoms with E-state index >= 15 is 0 Å². The van der Waals surface area contributed by atoms with Crippen molar-refractivity contribution in [2.75, 3.05) is 13.7 Å². The van der Waals surface area contributed by atoms with Gasteiger partial charge in [-0.15, -0.1) is 0 Å². The van der Waals surface area contributed by atoms with Crippen LogP contribution in [0.5, 0.6) is 11.5 Å². The van der Waals surface area contributed by atoms with Crippen LogP contribution < -0.4 is 9.47 Å². The van der Waals surface area contributed by atoms with Gasteiger partial charge in [0, 0.05) is 5.02 Å². The van der Waals surface area contributed by atoms with Gasteiger partial charge in [0.15, 0.2) is 6.61 Å². The van der Waals surface area contributed by atoms with E-state index in [0.717, 1.165) is 6.42 Å². The van der Waals surface area contributed by atoms with Crippen molar-refractivity contribution in [1.82, 2.24) is 0 Å². The second kappa shape index (κ2) is 8.36. The summed E-state index contributed by atoms with van der Waals surface area (Å²) in [5.41, 5.74) is 1.25. The normalized spacial score (nSPS) is 10.1. The molecular weight excluding hydrogens is 332 g/mol. The van der Waals surface area contributed by atoms with Gasteiger partial charge in [-0.1, -0.05) is 30.7 Å². The van der Waals surface area contributed by atoms with E-state index in [1.54, 1.807) is 12.1 Å². The summed E-state index contributed by atoms with van der Waals surface area (Å²) in [4.78, 5) is 23.6. The highest BCUT2D eigenvalue weighted by molar-refractivity contribution is 6.31. The number of halogens is 1. The highest BCUT2D eigenvalue weighted by Crippen LogP contribution is 2.24. The van der Waals surface area contributed by atoms with Gasteiger partial charge in [0.05, 0.1) is 7.11 Å². The van der Waals surface area contributed by atoms with Crippen molar-refractivity contribution >= 4 is 23.5 Å². The Morgan fingerprint density at radius 1 is 1.08 bits per heavy atom. The van der Waals surface area contributed by atoms with Crippen LogP contribution in [0.25, 0.3) is 0 Å². The molecule has 6 heteroatoms. The third kappa shape index (κ3) is 4.73. The number of ether oxygens (including phenoxy) is 3. The van der Waals surface area contributed by atoms with E-state index in [1.165, 1.54) is 30.9 Å². The zero-order chi connectivity index (χ0) is 17.5. The molecule has 0 amide bonds. The van der Waals surface area contributed by atoms with E-state index in [-0.39, 0.29) is 17.9 Å². The Kier molecular flexibility index (Phi) is 6.21. The molecule has 0 aliphatic heterocycles. The summed E-state index contributed by atoms with van der Waals surface area (Å²) in [6, 6.07) is 11.7. The molecule has 0 aliphatic carbocycles. The van der Waals surface area contributed by atoms with E-state index in [2.05, 4.69) is 11.7 Å². The quantitative estimate of drug-likeness (QED) is 0.588. The zero-order valence-electron chi connectivity index (χ0n) is 13.4. The highest BCUT2D eigenvalue weighted by atomic mass is 35.5. The summed E-state index contributed by atoms with van der Waals surface area (Å²) in [5, 5.41) is 0.336. The second-order valence-corrected chi connectivity index (χ2v) is 5.33. The second-order valence-electron chi connectivity index (χ2n) is 4.89. The number of hydrogen-bond donors (Lipinski definition) is 0. The fourth-order valence-electron chi connectivity index (χ4n) is 1.98. The van der Waals surface area contributed by atoms with E-state index in [0.29, 0.717) is 10.8 Å². The molecule has 0 atom stereocenters. The van der Waals surface area contributed by atoms with Gasteiger partial charge in [0.25, 0.3) is 0 Å². The molecule has 0 radical (unpaired) electrons. The number of carbonyl (C=O) groups excluding carboxylic acids is 2. The van der Waals surface area contributed by atoms with Gasteiger partial charge in [-0.05, 0) is 42.3 Å². The maximum Gasteiger partial charge on any atom is 0.349 e. The van der Waals surface area contributed by atoms with Crippen molar-refractivity contribution in [1.29, 1.82) is 0 Å². The minimum atomic E-state index is -0.642. The lowest BCUT2D eigenvalue weighted by Crippen LogP contribution is -2.19. The maximum absolute atomic E-state index is 11.9. The lowest BCUT2D eigenvalue weighted by atomic mass is 10.2. The summed E-state index contributed by atoms with van der Waals surface area (Å²) in [6.45, 7) is 1.77. The fourth-order valence-corrected chi connectivity index (χ4v) is 2.15. The lowest BCUT2D eigenvalue weighted by molar-refractivity contribution is -0.136. The first-order chi connectivity index (χ1) is 11.5. The summed E-state index contributed by atoms with van der Waals surface area (Å²) in [5.74, 6) is -0.645. The van der Waals surface area contributed by atoms with Crippen LogP contribution in [0.2, 0.25) is 5.02 Å². The third-order valence-corrected chi connectivity index (χ3v) is 3.49. The Hall–Kier alpha value is -2.53. The van der Waals surface area contributed by atoms with Crippen molar-refractivity contribution in [3.8, 4) is 11.5 Å². The van der Waals surface area contributed by atoms with Crippen molar-refractivity contribution in [3.05, 3.63) is 58.6 Å². The van der Waals surface area contributed by atoms with Crippen LogP contribution in [0.1, 0.15) is 22.8 Å². The van der Waals surface area contributed by atoms with Gasteiger partial charge in [-0.25, -0.2) is 9.59 Å². The third-order valence-electron chi connectivity index (χ3n) is 3.26. The number of rotatable bonds is 6. The molecule has 0 saturated carbocycles. The molecule has 0 saturated heterocycles. The number of esters is 2. The lowest BCUT2D eigenvalue weighted by Gasteiger charge is -2.10. The van der Waals surface area contributed by atoms with E-state index in [9.17, 15) is 9.59 Å². The summed E-state index contributed by atoms with van der Waals surface area (Å²) in [7, 11) is 1.23. The average molecular weight is 349 g/mol. The standard InChI is InChI=1S/C18H17ClO5/c1-3-12-4-7-14(8-5-12)23-11-17(20)24-16-9-6-13(19)10-15(16)18(21)22-2/h4-10H,3,11H2,1-2H3. The van der Waals surface area contributed by atoms with Crippen LogP contribution in [0.4, 0.5) is 0 Å². The molecule has 2 aromatic rings. The number of carbonyl (C=O) groups is 2. The molecule has 126 valence electrons. The fraction of sp³-hybridized carbons (Fsp3) is 0.222. The van der Waals surface area contributed by atoms with Crippen molar-refractivity contribution in [2.24, 2.45) is 0 Å². The van der Waals surface area contributed by atoms with E-state index < -0.39 is 11.9 Å². The van der Waals surface area contributed by atoms with Crippen LogP contribution in [-0.4, -0.2) is 25.7 Å². The van der Waals surface area contributed by atoms with Gasteiger partial charge >= 0.3 is 11.9 Å². The smallest absolute Gasteiger partial charge is 0.349 e. The largest absolute Gasteiger partial charge is 0.482 e. The summed E-state index contributed by atoms with van der Waals surface area (Å²) >= 11 is 5.85. The van der Waals surface area contributed by atoms with Gasteiger partial charge in [0.2, 0.25) is 0 Å². The van der Waals surface area contributed by atoms with Crippen LogP contribution in [0.15, 0.2) is 42.5 Å². The molecule has 24 heavy (non-hydrogen) atoms. The number of benzene rings is 2. The Bertz CT molecular complexity index is 725. The molecule has 0 aliphatic rings. The van der Waals surface area contributed by atoms with Gasteiger partial charge in [-0.3, -0.25) is 0 Å². The van der Waals surface area contributed by atoms with E-state index in [1.807, 2.05) is 12.1 Å². The van der Waals surface area contributed by atoms with Crippen LogP contribution >= 0.6 is 11.6 Å². The van der Waals surface area contributed by atoms with Gasteiger partial charge in [0.1, 0.15) is 17.1 Å². The molecule has 5 nitrogen and oxygen atoms in total. The predicted molar refractivity (Wildman–Crippen MR) is 89.7 cm³/mol. The molecule has 2 aromatic carbocycles. The molecule has 0 bridgehead atoms. The highest BCUT2D eigenvalue weighted by Gasteiger charge is 2.17. The molecule has 0 unspecified atom stereocenters. The van der Waals surface area contributed by atoms with Crippen LogP contribution in [0, 0.1) is 0 Å². The number of aryl methyl sites for hydroxylation is 1. The average Bonchev–Trinajstić information content (AvgIpc) is 2.61. The molecular formula is C18H17ClO5. The minimum absolute atomic E-state index is 0.0705. The number of hydrogen-bond acceptors (Lipinski definition) is 5. The first-order valence-electron chi connectivity index (χ1n) is 7.33. The van der Waals surface area contributed by atoms with Gasteiger partial charge < -0.3 is 14.2 Å². The van der Waals surface area contributed by atoms with Crippen molar-refractivity contribution < 1.29 is 23.8 Å². The molecule has 0 spiro atoms. The Morgan fingerprint density at radius 2 is 1.79 bits per heavy atom. The summed E-state index contributed by atoms with van der Waals surface area (Å²) in [6.07, 6.45) is 0.926. The first kappa shape index (κ1) is 17.8. The Balaban J connectivity index is 2.00. The molecule has 0 heterocycles. The topological polar surface area (TPSA) is 61.8 Å². The van der Waals surface area contributed by atoms with E-state index in [4.69, 9.17) is 21.1 Å². The van der Waals surface area contributed by atoms with Crippen molar-refractivity contribution in [2.45, 2.75) is 13.3 Å². The summed E-state index contributed by atoms with van der Waals surface area (Å²) < 4.78 is 15.2. The molecule has 0 fully saturated rings. The number of methoxy groups -OCH3 is 1. The minimum Gasteiger partial charge on any atom is -0.482 e. The molecule has 2 rings (SSSR count). The monoisotopic (exact) mass is 348 g/mol. The van der Waals surface area contributed by atoms with Crippen molar-refractivity contribution in [3.63, 3.8) is 0 Å². The first-order valence-corrected chi connectivity index (χ1v) is 7.71. The molecule has 0 aromatic heterocycles. The van der Waals surface area contributed by atoms with Crippen LogP contribution in [0.3, 0.4) is 0 Å². The molecule has 0 N–H and O–H groups in total. The zero-order valence-corrected chi connectivity index (χ0v) is 14.1. The Labute approximate surface area is 145 Å².